The first-order valence-corrected chi connectivity index (χ1v) is 15.7. The third-order valence-electron chi connectivity index (χ3n) is 8.99. The van der Waals surface area contributed by atoms with Crippen molar-refractivity contribution < 1.29 is 28.5 Å². The number of hydrogen-bond acceptors (Lipinski definition) is 8. The Kier molecular flexibility index (Phi) is 8.65. The molecule has 2 aliphatic rings. The summed E-state index contributed by atoms with van der Waals surface area (Å²) in [6, 6.07) is 14.1. The van der Waals surface area contributed by atoms with Gasteiger partial charge in [0.25, 0.3) is 0 Å². The number of imidazole rings is 1. The van der Waals surface area contributed by atoms with Gasteiger partial charge in [0.05, 0.1) is 54.5 Å². The fourth-order valence-electron chi connectivity index (χ4n) is 6.29. The number of aromatic nitrogens is 5. The lowest BCUT2D eigenvalue weighted by Gasteiger charge is -2.32. The lowest BCUT2D eigenvalue weighted by Crippen LogP contribution is -2.35. The minimum absolute atomic E-state index is 0.0580. The topological polar surface area (TPSA) is 117 Å². The van der Waals surface area contributed by atoms with Crippen molar-refractivity contribution in [3.05, 3.63) is 83.2 Å². The molecule has 12 heteroatoms. The van der Waals surface area contributed by atoms with E-state index in [1.807, 2.05) is 18.3 Å². The van der Waals surface area contributed by atoms with Crippen molar-refractivity contribution in [2.45, 2.75) is 57.5 Å². The van der Waals surface area contributed by atoms with Crippen molar-refractivity contribution in [2.75, 3.05) is 33.4 Å². The number of hydrogen-bond donors (Lipinski definition) is 1. The average molecular weight is 629 g/mol. The Labute approximate surface area is 265 Å². The van der Waals surface area contributed by atoms with Crippen molar-refractivity contribution in [1.82, 2.24) is 29.2 Å². The fraction of sp³-hybridized carbons (Fsp3) is 0.412. The van der Waals surface area contributed by atoms with Crippen LogP contribution in [0.5, 0.6) is 5.88 Å². The molecular weight excluding hydrogens is 591 g/mol. The summed E-state index contributed by atoms with van der Waals surface area (Å²) in [7, 11) is 1.64. The molecule has 0 saturated carbocycles. The Morgan fingerprint density at radius 1 is 1.09 bits per heavy atom. The van der Waals surface area contributed by atoms with Crippen LogP contribution in [0.3, 0.4) is 0 Å². The van der Waals surface area contributed by atoms with E-state index in [1.165, 1.54) is 6.07 Å². The first-order valence-electron chi connectivity index (χ1n) is 15.7. The highest BCUT2D eigenvalue weighted by Gasteiger charge is 2.26. The molecule has 7 rings (SSSR count). The van der Waals surface area contributed by atoms with Gasteiger partial charge >= 0.3 is 5.97 Å². The van der Waals surface area contributed by atoms with Crippen molar-refractivity contribution in [3.8, 4) is 5.88 Å². The van der Waals surface area contributed by atoms with Gasteiger partial charge < -0.3 is 23.9 Å². The molecular formula is C34H37FN6O5. The van der Waals surface area contributed by atoms with Crippen molar-refractivity contribution >= 4 is 27.9 Å². The number of halogens is 1. The average Bonchev–Trinajstić information content (AvgIpc) is 3.60. The Hall–Kier alpha value is -4.39. The lowest BCUT2D eigenvalue weighted by atomic mass is 9.93. The molecule has 240 valence electrons. The molecule has 5 heterocycles. The first kappa shape index (κ1) is 30.3. The second-order valence-corrected chi connectivity index (χ2v) is 12.1. The number of likely N-dealkylation sites (tertiary alicyclic amines) is 1. The van der Waals surface area contributed by atoms with Gasteiger partial charge in [-0.2, -0.15) is 5.10 Å². The van der Waals surface area contributed by atoms with Gasteiger partial charge in [-0.05, 0) is 68.8 Å². The van der Waals surface area contributed by atoms with E-state index in [0.717, 1.165) is 66.9 Å². The van der Waals surface area contributed by atoms with Crippen LogP contribution >= 0.6 is 0 Å². The van der Waals surface area contributed by atoms with Gasteiger partial charge in [-0.3, -0.25) is 9.58 Å². The lowest BCUT2D eigenvalue weighted by molar-refractivity contribution is -0.0592. The first-order chi connectivity index (χ1) is 22.4. The number of rotatable bonds is 12. The summed E-state index contributed by atoms with van der Waals surface area (Å²) in [5.41, 5.74) is 4.00. The number of pyridine rings is 1. The highest BCUT2D eigenvalue weighted by atomic mass is 19.1. The SMILES string of the molecule is COCCn1cc2cc(F)c(COc3cccc(C4CCN(Cc5nc6ccc(C(=O)O)cc6n5C[C@@H]5CCO5)CC4)n3)cc2n1. The summed E-state index contributed by atoms with van der Waals surface area (Å²) in [4.78, 5) is 23.7. The molecule has 2 saturated heterocycles. The molecule has 1 N–H and O–H groups in total. The summed E-state index contributed by atoms with van der Waals surface area (Å²) >= 11 is 0. The summed E-state index contributed by atoms with van der Waals surface area (Å²) in [5, 5.41) is 14.8. The molecule has 46 heavy (non-hydrogen) atoms. The second kappa shape index (κ2) is 13.1. The number of nitrogens with zero attached hydrogens (tertiary/aromatic N) is 6. The molecule has 0 spiro atoms. The van der Waals surface area contributed by atoms with Gasteiger partial charge in [-0.1, -0.05) is 6.07 Å². The van der Waals surface area contributed by atoms with Crippen molar-refractivity contribution in [3.63, 3.8) is 0 Å². The Balaban J connectivity index is 0.987. The predicted molar refractivity (Wildman–Crippen MR) is 168 cm³/mol. The van der Waals surface area contributed by atoms with E-state index in [2.05, 4.69) is 14.6 Å². The molecule has 5 aromatic rings. The molecule has 11 nitrogen and oxygen atoms in total. The zero-order valence-corrected chi connectivity index (χ0v) is 25.8. The molecule has 0 unspecified atom stereocenters. The predicted octanol–water partition coefficient (Wildman–Crippen LogP) is 5.01. The molecule has 2 aromatic carbocycles. The molecule has 3 aromatic heterocycles. The minimum atomic E-state index is -0.947. The molecule has 2 aliphatic heterocycles. The second-order valence-electron chi connectivity index (χ2n) is 12.1. The van der Waals surface area contributed by atoms with Crippen LogP contribution in [0.4, 0.5) is 4.39 Å². The fourth-order valence-corrected chi connectivity index (χ4v) is 6.29. The third-order valence-corrected chi connectivity index (χ3v) is 8.99. The summed E-state index contributed by atoms with van der Waals surface area (Å²) in [6.45, 7) is 5.04. The Bertz CT molecular complexity index is 1860. The van der Waals surface area contributed by atoms with Crippen LogP contribution in [0, 0.1) is 5.82 Å². The summed E-state index contributed by atoms with van der Waals surface area (Å²) in [6.07, 6.45) is 4.80. The highest BCUT2D eigenvalue weighted by Crippen LogP contribution is 2.30. The molecule has 0 bridgehead atoms. The van der Waals surface area contributed by atoms with Crippen LogP contribution in [-0.4, -0.2) is 79.8 Å². The molecule has 1 atom stereocenters. The third kappa shape index (κ3) is 6.46. The number of ether oxygens (including phenoxy) is 3. The number of carboxylic acid groups (broad SMARTS) is 1. The molecule has 2 fully saturated rings. The zero-order valence-electron chi connectivity index (χ0n) is 25.8. The molecule has 0 amide bonds. The van der Waals surface area contributed by atoms with E-state index in [9.17, 15) is 14.3 Å². The van der Waals surface area contributed by atoms with Gasteiger partial charge in [0.15, 0.2) is 0 Å². The van der Waals surface area contributed by atoms with Gasteiger partial charge in [-0.15, -0.1) is 0 Å². The van der Waals surface area contributed by atoms with Crippen LogP contribution in [0.1, 0.15) is 52.6 Å². The van der Waals surface area contributed by atoms with Crippen LogP contribution < -0.4 is 4.74 Å². The largest absolute Gasteiger partial charge is 0.478 e. The minimum Gasteiger partial charge on any atom is -0.478 e. The Morgan fingerprint density at radius 3 is 2.70 bits per heavy atom. The van der Waals surface area contributed by atoms with Gasteiger partial charge in [0.1, 0.15) is 18.2 Å². The number of aromatic carboxylic acids is 1. The number of carbonyl (C=O) groups is 1. The molecule has 0 radical (unpaired) electrons. The Morgan fingerprint density at radius 2 is 1.93 bits per heavy atom. The maximum atomic E-state index is 14.9. The number of fused-ring (bicyclic) bond motifs is 2. The summed E-state index contributed by atoms with van der Waals surface area (Å²) in [5.74, 6) is 0.393. The smallest absolute Gasteiger partial charge is 0.335 e. The van der Waals surface area contributed by atoms with Gasteiger partial charge in [-0.25, -0.2) is 19.2 Å². The number of carboxylic acids is 1. The normalized spacial score (nSPS) is 17.5. The van der Waals surface area contributed by atoms with Crippen molar-refractivity contribution in [1.29, 1.82) is 0 Å². The molecule has 0 aliphatic carbocycles. The van der Waals surface area contributed by atoms with E-state index in [4.69, 9.17) is 24.2 Å². The summed E-state index contributed by atoms with van der Waals surface area (Å²) < 4.78 is 35.5. The quantitative estimate of drug-likeness (QED) is 0.204. The van der Waals surface area contributed by atoms with Crippen LogP contribution in [0.15, 0.2) is 54.7 Å². The monoisotopic (exact) mass is 628 g/mol. The van der Waals surface area contributed by atoms with Gasteiger partial charge in [0, 0.05) is 48.5 Å². The number of benzene rings is 2. The maximum Gasteiger partial charge on any atom is 0.335 e. The maximum absolute atomic E-state index is 14.9. The highest BCUT2D eigenvalue weighted by molar-refractivity contribution is 5.92. The standard InChI is InChI=1S/C34H37FN6O5/c1-44-14-12-40-18-24-15-27(35)25(16-30(24)38-40)21-46-33-4-2-3-28(37-33)22-7-10-39(11-8-22)20-32-36-29-6-5-23(34(42)43)17-31(29)41(32)19-26-9-13-45-26/h2-6,15-18,22,26H,7-14,19-21H2,1H3,(H,42,43)/t26-/m0/s1. The number of piperidine rings is 1. The van der Waals surface area contributed by atoms with Gasteiger partial charge in [0.2, 0.25) is 5.88 Å². The number of methoxy groups -OCH3 is 1. The van der Waals surface area contributed by atoms with Crippen LogP contribution in [0.2, 0.25) is 0 Å². The van der Waals surface area contributed by atoms with E-state index in [1.54, 1.807) is 42.1 Å². The van der Waals surface area contributed by atoms with E-state index >= 15 is 0 Å². The van der Waals surface area contributed by atoms with Crippen molar-refractivity contribution in [2.24, 2.45) is 0 Å². The van der Waals surface area contributed by atoms with E-state index in [-0.39, 0.29) is 30.0 Å². The van der Waals surface area contributed by atoms with Crippen LogP contribution in [-0.2, 0) is 35.7 Å². The van der Waals surface area contributed by atoms with E-state index in [0.29, 0.717) is 43.2 Å². The van der Waals surface area contributed by atoms with Crippen LogP contribution in [0.25, 0.3) is 21.9 Å². The van der Waals surface area contributed by atoms with E-state index < -0.39 is 5.97 Å². The zero-order chi connectivity index (χ0) is 31.6.